The molecule has 98 valence electrons. The van der Waals surface area contributed by atoms with Crippen molar-refractivity contribution in [3.05, 3.63) is 48.0 Å². The number of carboxylic acids is 1. The Morgan fingerprint density at radius 2 is 1.84 bits per heavy atom. The topological polar surface area (TPSA) is 66.4 Å². The van der Waals surface area contributed by atoms with E-state index in [1.54, 1.807) is 19.1 Å². The Morgan fingerprint density at radius 1 is 1.16 bits per heavy atom. The van der Waals surface area contributed by atoms with Crippen LogP contribution in [-0.2, 0) is 4.79 Å². The lowest BCUT2D eigenvalue weighted by Gasteiger charge is -2.11. The van der Waals surface area contributed by atoms with E-state index in [9.17, 15) is 9.59 Å². The number of fused-ring (bicyclic) bond motifs is 1. The highest BCUT2D eigenvalue weighted by Crippen LogP contribution is 2.15. The quantitative estimate of drug-likeness (QED) is 0.884. The fraction of sp³-hybridized carbons (Fsp3) is 0.200. The van der Waals surface area contributed by atoms with Gasteiger partial charge in [-0.15, -0.1) is 0 Å². The second-order valence-corrected chi connectivity index (χ2v) is 4.53. The van der Waals surface area contributed by atoms with E-state index in [2.05, 4.69) is 5.32 Å². The van der Waals surface area contributed by atoms with Gasteiger partial charge in [-0.05, 0) is 29.8 Å². The van der Waals surface area contributed by atoms with Gasteiger partial charge in [-0.3, -0.25) is 9.59 Å². The molecule has 0 aliphatic heterocycles. The largest absolute Gasteiger partial charge is 0.481 e. The average Bonchev–Trinajstić information content (AvgIpc) is 2.37. The molecule has 2 aromatic rings. The van der Waals surface area contributed by atoms with E-state index in [0.717, 1.165) is 10.8 Å². The van der Waals surface area contributed by atoms with Crippen molar-refractivity contribution in [2.75, 3.05) is 0 Å². The maximum atomic E-state index is 12.0. The fourth-order valence-corrected chi connectivity index (χ4v) is 1.95. The van der Waals surface area contributed by atoms with Gasteiger partial charge in [0.1, 0.15) is 0 Å². The van der Waals surface area contributed by atoms with Gasteiger partial charge in [-0.2, -0.15) is 0 Å². The monoisotopic (exact) mass is 257 g/mol. The summed E-state index contributed by atoms with van der Waals surface area (Å²) >= 11 is 0. The normalized spacial score (nSPS) is 12.1. The van der Waals surface area contributed by atoms with E-state index in [-0.39, 0.29) is 12.3 Å². The summed E-state index contributed by atoms with van der Waals surface area (Å²) in [6, 6.07) is 12.8. The number of amides is 1. The molecule has 0 saturated heterocycles. The van der Waals surface area contributed by atoms with Crippen LogP contribution in [-0.4, -0.2) is 23.0 Å². The minimum atomic E-state index is -0.925. The Hall–Kier alpha value is -2.36. The molecule has 4 heteroatoms. The van der Waals surface area contributed by atoms with Crippen molar-refractivity contribution in [2.45, 2.75) is 19.4 Å². The Kier molecular flexibility index (Phi) is 3.80. The van der Waals surface area contributed by atoms with Crippen LogP contribution in [0.5, 0.6) is 0 Å². The van der Waals surface area contributed by atoms with Crippen LogP contribution in [0.25, 0.3) is 10.8 Å². The molecule has 0 aliphatic rings. The molecule has 1 unspecified atom stereocenters. The number of rotatable bonds is 4. The summed E-state index contributed by atoms with van der Waals surface area (Å²) in [7, 11) is 0. The number of benzene rings is 2. The molecule has 1 atom stereocenters. The summed E-state index contributed by atoms with van der Waals surface area (Å²) in [5.41, 5.74) is 0.538. The van der Waals surface area contributed by atoms with E-state index in [0.29, 0.717) is 5.56 Å². The number of hydrogen-bond acceptors (Lipinski definition) is 2. The zero-order valence-corrected chi connectivity index (χ0v) is 10.6. The molecule has 0 aromatic heterocycles. The molecule has 0 radical (unpaired) electrons. The summed E-state index contributed by atoms with van der Waals surface area (Å²) in [6.07, 6.45) is -0.0840. The van der Waals surface area contributed by atoms with Gasteiger partial charge in [-0.25, -0.2) is 0 Å². The van der Waals surface area contributed by atoms with E-state index >= 15 is 0 Å². The lowest BCUT2D eigenvalue weighted by molar-refractivity contribution is -0.137. The van der Waals surface area contributed by atoms with Gasteiger partial charge in [0, 0.05) is 11.6 Å². The van der Waals surface area contributed by atoms with Gasteiger partial charge in [-0.1, -0.05) is 30.3 Å². The molecule has 0 heterocycles. The van der Waals surface area contributed by atoms with Gasteiger partial charge >= 0.3 is 5.97 Å². The molecule has 2 N–H and O–H groups in total. The predicted molar refractivity (Wildman–Crippen MR) is 73.1 cm³/mol. The lowest BCUT2D eigenvalue weighted by atomic mass is 10.1. The molecular formula is C15H15NO3. The third-order valence-electron chi connectivity index (χ3n) is 2.87. The molecule has 2 rings (SSSR count). The fourth-order valence-electron chi connectivity index (χ4n) is 1.95. The Labute approximate surface area is 111 Å². The van der Waals surface area contributed by atoms with Crippen molar-refractivity contribution < 1.29 is 14.7 Å². The van der Waals surface area contributed by atoms with Crippen molar-refractivity contribution in [2.24, 2.45) is 0 Å². The van der Waals surface area contributed by atoms with Crippen LogP contribution in [0, 0.1) is 0 Å². The minimum Gasteiger partial charge on any atom is -0.481 e. The Bertz CT molecular complexity index is 622. The summed E-state index contributed by atoms with van der Waals surface area (Å²) in [5.74, 6) is -1.18. The first-order valence-corrected chi connectivity index (χ1v) is 6.08. The Balaban J connectivity index is 2.15. The lowest BCUT2D eigenvalue weighted by Crippen LogP contribution is -2.34. The number of carboxylic acid groups (broad SMARTS) is 1. The SMILES string of the molecule is CC(CC(=O)O)NC(=O)c1ccc2ccccc2c1. The van der Waals surface area contributed by atoms with Crippen LogP contribution in [0.4, 0.5) is 0 Å². The molecule has 1 amide bonds. The van der Waals surface area contributed by atoms with Gasteiger partial charge in [0.15, 0.2) is 0 Å². The highest BCUT2D eigenvalue weighted by atomic mass is 16.4. The van der Waals surface area contributed by atoms with Crippen LogP contribution in [0.3, 0.4) is 0 Å². The van der Waals surface area contributed by atoms with Crippen LogP contribution >= 0.6 is 0 Å². The second kappa shape index (κ2) is 5.52. The van der Waals surface area contributed by atoms with E-state index in [1.165, 1.54) is 0 Å². The molecule has 0 aliphatic carbocycles. The molecule has 0 bridgehead atoms. The van der Waals surface area contributed by atoms with Crippen molar-refractivity contribution in [3.63, 3.8) is 0 Å². The molecule has 4 nitrogen and oxygen atoms in total. The second-order valence-electron chi connectivity index (χ2n) is 4.53. The predicted octanol–water partition coefficient (Wildman–Crippen LogP) is 2.43. The third kappa shape index (κ3) is 3.31. The maximum absolute atomic E-state index is 12.0. The van der Waals surface area contributed by atoms with Crippen LogP contribution in [0.15, 0.2) is 42.5 Å². The summed E-state index contributed by atoms with van der Waals surface area (Å²) in [4.78, 5) is 22.5. The maximum Gasteiger partial charge on any atom is 0.305 e. The number of hydrogen-bond donors (Lipinski definition) is 2. The first kappa shape index (κ1) is 13.1. The van der Waals surface area contributed by atoms with Gasteiger partial charge < -0.3 is 10.4 Å². The molecule has 2 aromatic carbocycles. The van der Waals surface area contributed by atoms with Gasteiger partial charge in [0.05, 0.1) is 6.42 Å². The highest BCUT2D eigenvalue weighted by molar-refractivity contribution is 5.98. The number of nitrogens with one attached hydrogen (secondary N) is 1. The van der Waals surface area contributed by atoms with E-state index in [4.69, 9.17) is 5.11 Å². The first-order valence-electron chi connectivity index (χ1n) is 6.08. The molecule has 0 saturated carbocycles. The van der Waals surface area contributed by atoms with Crippen molar-refractivity contribution in [1.82, 2.24) is 5.32 Å². The molecule has 0 spiro atoms. The summed E-state index contributed by atoms with van der Waals surface area (Å²) < 4.78 is 0. The average molecular weight is 257 g/mol. The highest BCUT2D eigenvalue weighted by Gasteiger charge is 2.12. The number of carbonyl (C=O) groups excluding carboxylic acids is 1. The van der Waals surface area contributed by atoms with Gasteiger partial charge in [0.2, 0.25) is 0 Å². The van der Waals surface area contributed by atoms with Crippen molar-refractivity contribution in [3.8, 4) is 0 Å². The smallest absolute Gasteiger partial charge is 0.305 e. The molecule has 0 fully saturated rings. The van der Waals surface area contributed by atoms with Gasteiger partial charge in [0.25, 0.3) is 5.91 Å². The minimum absolute atomic E-state index is 0.0840. The number of carbonyl (C=O) groups is 2. The van der Waals surface area contributed by atoms with E-state index < -0.39 is 12.0 Å². The van der Waals surface area contributed by atoms with Crippen molar-refractivity contribution >= 4 is 22.6 Å². The summed E-state index contributed by atoms with van der Waals surface area (Å²) in [6.45, 7) is 1.67. The molecule has 19 heavy (non-hydrogen) atoms. The van der Waals surface area contributed by atoms with Crippen LogP contribution < -0.4 is 5.32 Å². The third-order valence-corrected chi connectivity index (χ3v) is 2.87. The van der Waals surface area contributed by atoms with Crippen molar-refractivity contribution in [1.29, 1.82) is 0 Å². The first-order chi connectivity index (χ1) is 9.06. The van der Waals surface area contributed by atoms with Crippen LogP contribution in [0.2, 0.25) is 0 Å². The Morgan fingerprint density at radius 3 is 2.53 bits per heavy atom. The van der Waals surface area contributed by atoms with Crippen LogP contribution in [0.1, 0.15) is 23.7 Å². The van der Waals surface area contributed by atoms with E-state index in [1.807, 2.05) is 30.3 Å². The zero-order chi connectivity index (χ0) is 13.8. The summed E-state index contributed by atoms with van der Waals surface area (Å²) in [5, 5.41) is 13.4. The zero-order valence-electron chi connectivity index (χ0n) is 10.6. The number of aliphatic carboxylic acids is 1. The standard InChI is InChI=1S/C15H15NO3/c1-10(8-14(17)18)16-15(19)13-7-6-11-4-2-3-5-12(11)9-13/h2-7,9-10H,8H2,1H3,(H,16,19)(H,17,18). The molecular weight excluding hydrogens is 242 g/mol.